The lowest BCUT2D eigenvalue weighted by Crippen LogP contribution is -2.38. The highest BCUT2D eigenvalue weighted by Crippen LogP contribution is 2.28. The van der Waals surface area contributed by atoms with E-state index >= 15 is 0 Å². The molecule has 0 aliphatic carbocycles. The van der Waals surface area contributed by atoms with Crippen molar-refractivity contribution in [1.82, 2.24) is 29.6 Å². The SMILES string of the molecule is Cc1c(C(=O)N2CCC(c3ccccc3)CC2)cnn1-c1nc2[nH]ccc2c(=O)[nH]1. The molecule has 3 aromatic heterocycles. The van der Waals surface area contributed by atoms with E-state index in [0.717, 1.165) is 12.8 Å². The summed E-state index contributed by atoms with van der Waals surface area (Å²) in [6, 6.07) is 12.1. The number of likely N-dealkylation sites (tertiary alicyclic amines) is 1. The van der Waals surface area contributed by atoms with Gasteiger partial charge in [-0.15, -0.1) is 0 Å². The number of amides is 1. The van der Waals surface area contributed by atoms with E-state index in [1.807, 2.05) is 17.9 Å². The minimum atomic E-state index is -0.248. The van der Waals surface area contributed by atoms with Crippen molar-refractivity contribution in [3.63, 3.8) is 0 Å². The van der Waals surface area contributed by atoms with Gasteiger partial charge >= 0.3 is 0 Å². The summed E-state index contributed by atoms with van der Waals surface area (Å²) in [4.78, 5) is 37.4. The number of hydrogen-bond donors (Lipinski definition) is 2. The monoisotopic (exact) mass is 402 g/mol. The number of benzene rings is 1. The molecule has 1 amide bonds. The number of nitrogens with zero attached hydrogens (tertiary/aromatic N) is 4. The average molecular weight is 402 g/mol. The summed E-state index contributed by atoms with van der Waals surface area (Å²) in [5.41, 5.74) is 2.76. The lowest BCUT2D eigenvalue weighted by atomic mass is 9.89. The Hall–Kier alpha value is -3.68. The Balaban J connectivity index is 1.36. The van der Waals surface area contributed by atoms with Gasteiger partial charge in [0, 0.05) is 19.3 Å². The van der Waals surface area contributed by atoms with Crippen LogP contribution in [-0.2, 0) is 0 Å². The minimum absolute atomic E-state index is 0.0337. The number of hydrogen-bond acceptors (Lipinski definition) is 4. The maximum absolute atomic E-state index is 13.1. The molecule has 2 N–H and O–H groups in total. The van der Waals surface area contributed by atoms with E-state index in [2.05, 4.69) is 44.3 Å². The Morgan fingerprint density at radius 2 is 1.90 bits per heavy atom. The molecule has 8 heteroatoms. The van der Waals surface area contributed by atoms with Crippen LogP contribution in [0.25, 0.3) is 17.0 Å². The summed E-state index contributed by atoms with van der Waals surface area (Å²) in [5.74, 6) is 0.740. The topological polar surface area (TPSA) is 99.7 Å². The van der Waals surface area contributed by atoms with E-state index in [1.54, 1.807) is 18.5 Å². The molecule has 0 radical (unpaired) electrons. The summed E-state index contributed by atoms with van der Waals surface area (Å²) in [6.07, 6.45) is 5.11. The Labute approximate surface area is 172 Å². The van der Waals surface area contributed by atoms with E-state index < -0.39 is 0 Å². The predicted octanol–water partition coefficient (Wildman–Crippen LogP) is 2.77. The predicted molar refractivity (Wildman–Crippen MR) is 113 cm³/mol. The summed E-state index contributed by atoms with van der Waals surface area (Å²) in [5, 5.41) is 4.81. The van der Waals surface area contributed by atoms with Crippen molar-refractivity contribution in [2.75, 3.05) is 13.1 Å². The van der Waals surface area contributed by atoms with Crippen molar-refractivity contribution < 1.29 is 4.79 Å². The first kappa shape index (κ1) is 18.4. The van der Waals surface area contributed by atoms with Crippen LogP contribution in [-0.4, -0.2) is 48.6 Å². The average Bonchev–Trinajstić information content (AvgIpc) is 3.41. The van der Waals surface area contributed by atoms with Crippen molar-refractivity contribution in [2.24, 2.45) is 0 Å². The van der Waals surface area contributed by atoms with Crippen LogP contribution < -0.4 is 5.56 Å². The fraction of sp³-hybridized carbons (Fsp3) is 0.273. The van der Waals surface area contributed by atoms with Gasteiger partial charge < -0.3 is 9.88 Å². The van der Waals surface area contributed by atoms with Crippen LogP contribution in [0.4, 0.5) is 0 Å². The number of carbonyl (C=O) groups is 1. The number of piperidine rings is 1. The van der Waals surface area contributed by atoms with Gasteiger partial charge in [-0.2, -0.15) is 10.1 Å². The van der Waals surface area contributed by atoms with Crippen molar-refractivity contribution in [2.45, 2.75) is 25.7 Å². The highest BCUT2D eigenvalue weighted by atomic mass is 16.2. The molecule has 8 nitrogen and oxygen atoms in total. The first-order chi connectivity index (χ1) is 14.6. The molecular weight excluding hydrogens is 380 g/mol. The van der Waals surface area contributed by atoms with Gasteiger partial charge in [0.25, 0.3) is 11.5 Å². The van der Waals surface area contributed by atoms with E-state index in [0.29, 0.717) is 41.3 Å². The quantitative estimate of drug-likeness (QED) is 0.550. The Morgan fingerprint density at radius 1 is 1.13 bits per heavy atom. The molecule has 1 aromatic carbocycles. The van der Waals surface area contributed by atoms with Gasteiger partial charge in [0.15, 0.2) is 0 Å². The van der Waals surface area contributed by atoms with Gasteiger partial charge in [-0.3, -0.25) is 14.6 Å². The highest BCUT2D eigenvalue weighted by Gasteiger charge is 2.27. The largest absolute Gasteiger partial charge is 0.346 e. The normalized spacial score (nSPS) is 15.0. The van der Waals surface area contributed by atoms with E-state index in [-0.39, 0.29) is 17.4 Å². The second-order valence-electron chi connectivity index (χ2n) is 7.66. The van der Waals surface area contributed by atoms with Crippen LogP contribution in [0.1, 0.15) is 40.4 Å². The molecule has 1 fully saturated rings. The Kier molecular flexibility index (Phi) is 4.46. The summed E-state index contributed by atoms with van der Waals surface area (Å²) >= 11 is 0. The van der Waals surface area contributed by atoms with Crippen molar-refractivity contribution >= 4 is 16.9 Å². The number of aromatic amines is 2. The maximum atomic E-state index is 13.1. The fourth-order valence-corrected chi connectivity index (χ4v) is 4.18. The molecule has 1 aliphatic heterocycles. The van der Waals surface area contributed by atoms with Gasteiger partial charge in [0.2, 0.25) is 5.95 Å². The van der Waals surface area contributed by atoms with Gasteiger partial charge in [0.1, 0.15) is 5.65 Å². The molecule has 4 aromatic rings. The molecule has 1 aliphatic rings. The van der Waals surface area contributed by atoms with Crippen molar-refractivity contribution in [3.8, 4) is 5.95 Å². The maximum Gasteiger partial charge on any atom is 0.261 e. The number of fused-ring (bicyclic) bond motifs is 1. The molecule has 152 valence electrons. The van der Waals surface area contributed by atoms with Crippen LogP contribution in [0.2, 0.25) is 0 Å². The first-order valence-electron chi connectivity index (χ1n) is 10.1. The zero-order valence-corrected chi connectivity index (χ0v) is 16.6. The molecule has 0 saturated carbocycles. The fourth-order valence-electron chi connectivity index (χ4n) is 4.18. The number of carbonyl (C=O) groups excluding carboxylic acids is 1. The van der Waals surface area contributed by atoms with Crippen molar-refractivity contribution in [1.29, 1.82) is 0 Å². The standard InChI is InChI=1S/C22H22N6O2/c1-14-18(13-24-28(14)22-25-19-17(7-10-23-19)20(29)26-22)21(30)27-11-8-16(9-12-27)15-5-3-2-4-6-15/h2-7,10,13,16H,8-9,11-12H2,1H3,(H2,23,25,26,29). The van der Waals surface area contributed by atoms with Gasteiger partial charge in [-0.25, -0.2) is 4.68 Å². The van der Waals surface area contributed by atoms with Crippen LogP contribution in [0.5, 0.6) is 0 Å². The van der Waals surface area contributed by atoms with E-state index in [4.69, 9.17) is 0 Å². The van der Waals surface area contributed by atoms with E-state index in [9.17, 15) is 9.59 Å². The van der Waals surface area contributed by atoms with Gasteiger partial charge in [-0.1, -0.05) is 30.3 Å². The molecule has 0 bridgehead atoms. The number of aromatic nitrogens is 5. The molecule has 0 spiro atoms. The van der Waals surface area contributed by atoms with Gasteiger partial charge in [0.05, 0.1) is 22.8 Å². The van der Waals surface area contributed by atoms with Crippen molar-refractivity contribution in [3.05, 3.63) is 76.0 Å². The minimum Gasteiger partial charge on any atom is -0.346 e. The zero-order valence-electron chi connectivity index (χ0n) is 16.6. The summed E-state index contributed by atoms with van der Waals surface area (Å²) < 4.78 is 1.51. The third kappa shape index (κ3) is 3.10. The van der Waals surface area contributed by atoms with Crippen LogP contribution in [0.3, 0.4) is 0 Å². The third-order valence-electron chi connectivity index (χ3n) is 5.91. The smallest absolute Gasteiger partial charge is 0.261 e. The number of H-pyrrole nitrogens is 2. The molecule has 1 saturated heterocycles. The molecule has 0 atom stereocenters. The molecule has 0 unspecified atom stereocenters. The summed E-state index contributed by atoms with van der Waals surface area (Å²) in [7, 11) is 0. The van der Waals surface area contributed by atoms with Crippen LogP contribution >= 0.6 is 0 Å². The Bertz CT molecular complexity index is 1260. The van der Waals surface area contributed by atoms with Crippen LogP contribution in [0, 0.1) is 6.92 Å². The second-order valence-corrected chi connectivity index (χ2v) is 7.66. The molecule has 4 heterocycles. The Morgan fingerprint density at radius 3 is 2.67 bits per heavy atom. The zero-order chi connectivity index (χ0) is 20.7. The molecule has 5 rings (SSSR count). The second kappa shape index (κ2) is 7.29. The highest BCUT2D eigenvalue weighted by molar-refractivity contribution is 5.95. The lowest BCUT2D eigenvalue weighted by molar-refractivity contribution is 0.0712. The van der Waals surface area contributed by atoms with E-state index in [1.165, 1.54) is 10.2 Å². The lowest BCUT2D eigenvalue weighted by Gasteiger charge is -2.32. The molecule has 30 heavy (non-hydrogen) atoms. The number of nitrogens with one attached hydrogen (secondary N) is 2. The van der Waals surface area contributed by atoms with Crippen LogP contribution in [0.15, 0.2) is 53.6 Å². The summed E-state index contributed by atoms with van der Waals surface area (Å²) in [6.45, 7) is 3.24. The van der Waals surface area contributed by atoms with Gasteiger partial charge in [-0.05, 0) is 37.3 Å². The number of rotatable bonds is 3. The first-order valence-corrected chi connectivity index (χ1v) is 10.1. The molecular formula is C22H22N6O2. The third-order valence-corrected chi connectivity index (χ3v) is 5.91.